The van der Waals surface area contributed by atoms with Crippen molar-refractivity contribution in [1.82, 2.24) is 30.7 Å². The van der Waals surface area contributed by atoms with E-state index < -0.39 is 42.3 Å². The molecule has 1 heterocycles. The molecule has 2 unspecified atom stereocenters. The maximum absolute atomic E-state index is 14.4. The third-order valence-corrected chi connectivity index (χ3v) is 12.5. The molecule has 14 nitrogen and oxygen atoms in total. The zero-order chi connectivity index (χ0) is 46.3. The number of likely N-dealkylation sites (N-methyl/N-ethyl adjacent to an activating group) is 2. The van der Waals surface area contributed by atoms with Gasteiger partial charge in [0, 0.05) is 52.5 Å². The number of likely N-dealkylation sites (tertiary alicyclic amines) is 1. The van der Waals surface area contributed by atoms with Crippen LogP contribution in [0.1, 0.15) is 91.7 Å². The monoisotopic (exact) mass is 864 g/mol. The second kappa shape index (κ2) is 24.9. The molecule has 2 aromatic rings. The zero-order valence-electron chi connectivity index (χ0n) is 39.5. The Morgan fingerprint density at radius 3 is 2.02 bits per heavy atom. The Morgan fingerprint density at radius 1 is 0.823 bits per heavy atom. The molecular formula is C48H77N7O7. The lowest BCUT2D eigenvalue weighted by molar-refractivity contribution is -0.148. The highest BCUT2D eigenvalue weighted by Crippen LogP contribution is 2.30. The van der Waals surface area contributed by atoms with Crippen molar-refractivity contribution in [1.29, 1.82) is 0 Å². The fraction of sp³-hybridized carbons (Fsp3) is 0.646. The molecule has 0 bridgehead atoms. The van der Waals surface area contributed by atoms with Gasteiger partial charge in [-0.25, -0.2) is 0 Å². The smallest absolute Gasteiger partial charge is 0.245 e. The van der Waals surface area contributed by atoms with Crippen LogP contribution in [0.15, 0.2) is 54.6 Å². The van der Waals surface area contributed by atoms with Gasteiger partial charge in [0.15, 0.2) is 0 Å². The normalized spacial score (nSPS) is 18.0. The van der Waals surface area contributed by atoms with Crippen LogP contribution in [-0.2, 0) is 46.4 Å². The minimum Gasteiger partial charge on any atom is -0.399 e. The Morgan fingerprint density at radius 2 is 1.47 bits per heavy atom. The largest absolute Gasteiger partial charge is 0.399 e. The van der Waals surface area contributed by atoms with E-state index >= 15 is 0 Å². The Kier molecular flexibility index (Phi) is 20.8. The van der Waals surface area contributed by atoms with E-state index in [1.807, 2.05) is 103 Å². The summed E-state index contributed by atoms with van der Waals surface area (Å²) in [6.07, 6.45) is 1.37. The highest BCUT2D eigenvalue weighted by molar-refractivity contribution is 5.90. The summed E-state index contributed by atoms with van der Waals surface area (Å²) in [6.45, 7) is 14.5. The number of hydrogen-bond acceptors (Lipinski definition) is 9. The van der Waals surface area contributed by atoms with Gasteiger partial charge in [-0.05, 0) is 74.4 Å². The summed E-state index contributed by atoms with van der Waals surface area (Å²) in [6, 6.07) is 14.5. The fourth-order valence-corrected chi connectivity index (χ4v) is 8.95. The first kappa shape index (κ1) is 51.8. The van der Waals surface area contributed by atoms with Crippen LogP contribution >= 0.6 is 0 Å². The lowest BCUT2D eigenvalue weighted by Crippen LogP contribution is -2.59. The molecule has 346 valence electrons. The molecule has 5 amide bonds. The predicted octanol–water partition coefficient (Wildman–Crippen LogP) is 4.65. The Bertz CT molecular complexity index is 1720. The van der Waals surface area contributed by atoms with Crippen molar-refractivity contribution in [3.05, 3.63) is 65.7 Å². The molecule has 0 spiro atoms. The molecule has 2 aromatic carbocycles. The number of anilines is 1. The maximum atomic E-state index is 14.4. The Balaban J connectivity index is 1.77. The summed E-state index contributed by atoms with van der Waals surface area (Å²) < 4.78 is 12.1. The SMILES string of the molecule is CC[C@H](C)C([C@@H](CC(=O)N1CCC[C@H]1[C@H](OC)[C@@H](C)C(=O)N[C@H](CC(=O)NCc1ccc(N)cc1)Cc1ccccc1)OC)N(C)C(=O)[C@@H](NC(=O)C(C(C)C)N(C)C)C(C)C. The number of nitrogens with zero attached hydrogens (tertiary/aromatic N) is 3. The number of carbonyl (C=O) groups is 5. The topological polar surface area (TPSA) is 176 Å². The molecule has 9 atom stereocenters. The summed E-state index contributed by atoms with van der Waals surface area (Å²) in [5.74, 6) is -1.91. The highest BCUT2D eigenvalue weighted by Gasteiger charge is 2.43. The molecule has 0 aromatic heterocycles. The van der Waals surface area contributed by atoms with Crippen LogP contribution in [0.3, 0.4) is 0 Å². The number of carbonyl (C=O) groups excluding carboxylic acids is 5. The standard InChI is InChI=1S/C48H77N7O7/c1-13-32(6)44(54(10)48(60)42(30(2)3)52-47(59)43(31(4)5)53(8)9)39(61-11)28-41(57)55-25-17-20-38(55)45(62-12)33(7)46(58)51-37(26-34-18-15-14-16-19-34)27-40(56)50-29-35-21-23-36(49)24-22-35/h14-16,18-19,21-24,30-33,37-39,42-45H,13,17,20,25-29,49H2,1-12H3,(H,50,56)(H,51,58)(H,52,59)/t32-,33+,37-,38-,39+,42-,43?,44?,45+/m0/s1. The molecule has 5 N–H and O–H groups in total. The van der Waals surface area contributed by atoms with Gasteiger partial charge >= 0.3 is 0 Å². The number of nitrogens with two attached hydrogens (primary N) is 1. The number of amides is 5. The lowest BCUT2D eigenvalue weighted by Gasteiger charge is -2.41. The molecule has 0 radical (unpaired) electrons. The molecule has 1 saturated heterocycles. The van der Waals surface area contributed by atoms with Gasteiger partial charge in [-0.3, -0.25) is 28.9 Å². The molecule has 62 heavy (non-hydrogen) atoms. The number of nitrogens with one attached hydrogen (secondary N) is 3. The van der Waals surface area contributed by atoms with Crippen LogP contribution in [0.5, 0.6) is 0 Å². The van der Waals surface area contributed by atoms with E-state index in [1.54, 1.807) is 50.1 Å². The molecule has 0 aliphatic carbocycles. The predicted molar refractivity (Wildman–Crippen MR) is 245 cm³/mol. The lowest BCUT2D eigenvalue weighted by atomic mass is 9.89. The van der Waals surface area contributed by atoms with Crippen molar-refractivity contribution < 1.29 is 33.4 Å². The number of ether oxygens (including phenoxy) is 2. The van der Waals surface area contributed by atoms with E-state index in [4.69, 9.17) is 15.2 Å². The van der Waals surface area contributed by atoms with Crippen molar-refractivity contribution in [2.75, 3.05) is 47.6 Å². The number of nitrogen functional groups attached to an aromatic ring is 1. The summed E-state index contributed by atoms with van der Waals surface area (Å²) in [5, 5.41) is 9.15. The number of methoxy groups -OCH3 is 2. The second-order valence-corrected chi connectivity index (χ2v) is 18.1. The van der Waals surface area contributed by atoms with Gasteiger partial charge in [-0.15, -0.1) is 0 Å². The van der Waals surface area contributed by atoms with Gasteiger partial charge in [0.1, 0.15) is 6.04 Å². The van der Waals surface area contributed by atoms with E-state index in [1.165, 1.54) is 0 Å². The van der Waals surface area contributed by atoms with Gasteiger partial charge in [0.2, 0.25) is 29.5 Å². The molecule has 0 saturated carbocycles. The van der Waals surface area contributed by atoms with Crippen molar-refractivity contribution >= 4 is 35.2 Å². The van der Waals surface area contributed by atoms with E-state index in [-0.39, 0.29) is 66.2 Å². The first-order valence-electron chi connectivity index (χ1n) is 22.4. The van der Waals surface area contributed by atoms with Gasteiger partial charge in [-0.1, -0.05) is 97.4 Å². The van der Waals surface area contributed by atoms with Crippen molar-refractivity contribution in [2.45, 2.75) is 136 Å². The summed E-state index contributed by atoms with van der Waals surface area (Å²) in [7, 11) is 8.57. The van der Waals surface area contributed by atoms with Crippen LogP contribution in [0.4, 0.5) is 5.69 Å². The average molecular weight is 864 g/mol. The molecular weight excluding hydrogens is 787 g/mol. The second-order valence-electron chi connectivity index (χ2n) is 18.1. The third-order valence-electron chi connectivity index (χ3n) is 12.5. The van der Waals surface area contributed by atoms with E-state index in [0.717, 1.165) is 24.0 Å². The molecule has 3 rings (SSSR count). The van der Waals surface area contributed by atoms with Gasteiger partial charge in [-0.2, -0.15) is 0 Å². The van der Waals surface area contributed by atoms with E-state index in [2.05, 4.69) is 16.0 Å². The van der Waals surface area contributed by atoms with Crippen LogP contribution < -0.4 is 21.7 Å². The van der Waals surface area contributed by atoms with Crippen LogP contribution in [0.2, 0.25) is 0 Å². The maximum Gasteiger partial charge on any atom is 0.245 e. The third kappa shape index (κ3) is 14.5. The van der Waals surface area contributed by atoms with Crippen LogP contribution in [-0.4, -0.2) is 129 Å². The molecule has 1 aliphatic rings. The summed E-state index contributed by atoms with van der Waals surface area (Å²) >= 11 is 0. The van der Waals surface area contributed by atoms with Gasteiger partial charge < -0.3 is 41.0 Å². The first-order chi connectivity index (χ1) is 29.3. The highest BCUT2D eigenvalue weighted by atomic mass is 16.5. The quantitative estimate of drug-likeness (QED) is 0.110. The Hall–Kier alpha value is -4.53. The molecule has 1 aliphatic heterocycles. The molecule has 1 fully saturated rings. The Labute approximate surface area is 371 Å². The number of rotatable bonds is 24. The van der Waals surface area contributed by atoms with Gasteiger partial charge in [0.05, 0.1) is 42.7 Å². The first-order valence-corrected chi connectivity index (χ1v) is 22.4. The zero-order valence-corrected chi connectivity index (χ0v) is 39.5. The van der Waals surface area contributed by atoms with Gasteiger partial charge in [0.25, 0.3) is 0 Å². The van der Waals surface area contributed by atoms with Crippen LogP contribution in [0.25, 0.3) is 0 Å². The van der Waals surface area contributed by atoms with Crippen molar-refractivity contribution in [3.63, 3.8) is 0 Å². The van der Waals surface area contributed by atoms with E-state index in [9.17, 15) is 24.0 Å². The fourth-order valence-electron chi connectivity index (χ4n) is 8.95. The minimum absolute atomic E-state index is 0.00994. The van der Waals surface area contributed by atoms with E-state index in [0.29, 0.717) is 31.6 Å². The number of benzene rings is 2. The van der Waals surface area contributed by atoms with Crippen molar-refractivity contribution in [3.8, 4) is 0 Å². The summed E-state index contributed by atoms with van der Waals surface area (Å²) in [5.41, 5.74) is 8.36. The molecule has 14 heteroatoms. The number of hydrogen-bond donors (Lipinski definition) is 4. The minimum atomic E-state index is -0.775. The van der Waals surface area contributed by atoms with Crippen molar-refractivity contribution in [2.24, 2.45) is 23.7 Å². The van der Waals surface area contributed by atoms with Crippen LogP contribution in [0, 0.1) is 23.7 Å². The average Bonchev–Trinajstić information content (AvgIpc) is 3.71. The summed E-state index contributed by atoms with van der Waals surface area (Å²) in [4.78, 5) is 74.9.